The number of hydrogen-bond donors (Lipinski definition) is 0. The molecule has 0 radical (unpaired) electrons. The van der Waals surface area contributed by atoms with E-state index in [1.54, 1.807) is 19.1 Å². The zero-order chi connectivity index (χ0) is 15.5. The van der Waals surface area contributed by atoms with Gasteiger partial charge in [0.25, 0.3) is 5.91 Å². The first-order valence-corrected chi connectivity index (χ1v) is 7.67. The lowest BCUT2D eigenvalue weighted by atomic mass is 9.98. The summed E-state index contributed by atoms with van der Waals surface area (Å²) >= 11 is 0. The Balaban J connectivity index is 1.96. The normalized spacial score (nSPS) is 15.0. The van der Waals surface area contributed by atoms with Gasteiger partial charge in [-0.3, -0.25) is 9.59 Å². The lowest BCUT2D eigenvalue weighted by Gasteiger charge is -2.26. The molecule has 0 spiro atoms. The average molecular weight is 293 g/mol. The zero-order valence-corrected chi connectivity index (χ0v) is 12.7. The third kappa shape index (κ3) is 2.80. The van der Waals surface area contributed by atoms with Crippen molar-refractivity contribution in [2.45, 2.75) is 26.2 Å². The molecule has 0 aliphatic carbocycles. The van der Waals surface area contributed by atoms with Crippen LogP contribution in [0.2, 0.25) is 0 Å². The maximum absolute atomic E-state index is 12.9. The molecule has 3 heteroatoms. The van der Waals surface area contributed by atoms with Gasteiger partial charge in [-0.15, -0.1) is 0 Å². The van der Waals surface area contributed by atoms with E-state index in [-0.39, 0.29) is 11.7 Å². The summed E-state index contributed by atoms with van der Waals surface area (Å²) in [6.07, 6.45) is 3.01. The minimum absolute atomic E-state index is 0.0379. The second kappa shape index (κ2) is 6.14. The minimum Gasteiger partial charge on any atom is -0.308 e. The largest absolute Gasteiger partial charge is 0.308 e. The van der Waals surface area contributed by atoms with Gasteiger partial charge in [-0.2, -0.15) is 0 Å². The lowest BCUT2D eigenvalue weighted by Crippen LogP contribution is -2.34. The number of anilines is 1. The van der Waals surface area contributed by atoms with Crippen LogP contribution in [0.25, 0.3) is 0 Å². The van der Waals surface area contributed by atoms with Gasteiger partial charge < -0.3 is 4.90 Å². The second-order valence-electron chi connectivity index (χ2n) is 5.67. The maximum atomic E-state index is 12.9. The molecule has 1 aliphatic rings. The van der Waals surface area contributed by atoms with Crippen molar-refractivity contribution in [2.75, 3.05) is 11.4 Å². The Morgan fingerprint density at radius 2 is 1.73 bits per heavy atom. The van der Waals surface area contributed by atoms with Crippen LogP contribution in [0.5, 0.6) is 0 Å². The van der Waals surface area contributed by atoms with Gasteiger partial charge in [0, 0.05) is 23.4 Å². The van der Waals surface area contributed by atoms with Crippen LogP contribution in [0.15, 0.2) is 48.5 Å². The molecule has 0 bridgehead atoms. The summed E-state index contributed by atoms with van der Waals surface area (Å²) in [6, 6.07) is 15.1. The van der Waals surface area contributed by atoms with Crippen molar-refractivity contribution in [2.24, 2.45) is 0 Å². The van der Waals surface area contributed by atoms with Crippen molar-refractivity contribution < 1.29 is 9.59 Å². The highest BCUT2D eigenvalue weighted by Gasteiger charge is 2.22. The van der Waals surface area contributed by atoms with Crippen molar-refractivity contribution in [3.05, 3.63) is 65.2 Å². The molecule has 112 valence electrons. The van der Waals surface area contributed by atoms with Crippen LogP contribution in [0.3, 0.4) is 0 Å². The number of ketones is 1. The molecule has 0 unspecified atom stereocenters. The van der Waals surface area contributed by atoms with Crippen LogP contribution < -0.4 is 4.90 Å². The molecular weight excluding hydrogens is 274 g/mol. The highest BCUT2D eigenvalue weighted by Crippen LogP contribution is 2.24. The van der Waals surface area contributed by atoms with E-state index in [1.165, 1.54) is 0 Å². The number of nitrogens with zero attached hydrogens (tertiary/aromatic N) is 1. The molecule has 0 N–H and O–H groups in total. The Hall–Kier alpha value is -2.42. The minimum atomic E-state index is 0.0379. The third-order valence-electron chi connectivity index (χ3n) is 4.16. The molecule has 2 aromatic carbocycles. The van der Waals surface area contributed by atoms with E-state index in [1.807, 2.05) is 41.3 Å². The summed E-state index contributed by atoms with van der Waals surface area (Å²) in [4.78, 5) is 26.1. The fourth-order valence-corrected chi connectivity index (χ4v) is 2.90. The predicted molar refractivity (Wildman–Crippen MR) is 87.5 cm³/mol. The topological polar surface area (TPSA) is 37.4 Å². The summed E-state index contributed by atoms with van der Waals surface area (Å²) in [5.74, 6) is 0.0850. The highest BCUT2D eigenvalue weighted by molar-refractivity contribution is 6.07. The van der Waals surface area contributed by atoms with Crippen molar-refractivity contribution in [1.29, 1.82) is 0 Å². The van der Waals surface area contributed by atoms with Gasteiger partial charge in [-0.1, -0.05) is 18.2 Å². The highest BCUT2D eigenvalue weighted by atomic mass is 16.2. The van der Waals surface area contributed by atoms with E-state index in [0.29, 0.717) is 12.1 Å². The molecule has 3 rings (SSSR count). The van der Waals surface area contributed by atoms with Gasteiger partial charge in [0.15, 0.2) is 5.78 Å². The van der Waals surface area contributed by atoms with Crippen LogP contribution in [0.4, 0.5) is 5.69 Å². The Kier molecular flexibility index (Phi) is 4.05. The lowest BCUT2D eigenvalue weighted by molar-refractivity contribution is 0.0982. The van der Waals surface area contributed by atoms with Gasteiger partial charge in [0.2, 0.25) is 0 Å². The Bertz CT molecular complexity index is 704. The summed E-state index contributed by atoms with van der Waals surface area (Å²) < 4.78 is 0. The van der Waals surface area contributed by atoms with Gasteiger partial charge in [0.05, 0.1) is 0 Å². The number of hydrogen-bond acceptors (Lipinski definition) is 2. The van der Waals surface area contributed by atoms with Gasteiger partial charge in [-0.25, -0.2) is 0 Å². The molecule has 1 amide bonds. The molecule has 3 nitrogen and oxygen atoms in total. The fourth-order valence-electron chi connectivity index (χ4n) is 2.90. The monoisotopic (exact) mass is 293 g/mol. The SMILES string of the molecule is CC(=O)c1ccc(N2CCCCc3ccccc3C2=O)cc1. The Morgan fingerprint density at radius 3 is 2.45 bits per heavy atom. The number of carbonyl (C=O) groups is 2. The van der Waals surface area contributed by atoms with E-state index >= 15 is 0 Å². The summed E-state index contributed by atoms with van der Waals surface area (Å²) in [7, 11) is 0. The molecule has 2 aromatic rings. The first-order valence-electron chi connectivity index (χ1n) is 7.67. The van der Waals surface area contributed by atoms with Gasteiger partial charge in [0.1, 0.15) is 0 Å². The molecule has 1 heterocycles. The van der Waals surface area contributed by atoms with E-state index in [4.69, 9.17) is 0 Å². The molecular formula is C19H19NO2. The predicted octanol–water partition coefficient (Wildman–Crippen LogP) is 3.87. The quantitative estimate of drug-likeness (QED) is 0.788. The molecule has 0 saturated carbocycles. The molecule has 22 heavy (non-hydrogen) atoms. The number of fused-ring (bicyclic) bond motifs is 1. The molecule has 1 aliphatic heterocycles. The summed E-state index contributed by atoms with van der Waals surface area (Å²) in [5.41, 5.74) is 3.44. The van der Waals surface area contributed by atoms with Gasteiger partial charge >= 0.3 is 0 Å². The van der Waals surface area contributed by atoms with Crippen molar-refractivity contribution >= 4 is 17.4 Å². The van der Waals surface area contributed by atoms with Crippen molar-refractivity contribution in [1.82, 2.24) is 0 Å². The number of aryl methyl sites for hydroxylation is 1. The van der Waals surface area contributed by atoms with Gasteiger partial charge in [-0.05, 0) is 62.1 Å². The zero-order valence-electron chi connectivity index (χ0n) is 12.7. The van der Waals surface area contributed by atoms with Crippen LogP contribution in [0.1, 0.15) is 46.0 Å². The smallest absolute Gasteiger partial charge is 0.258 e. The summed E-state index contributed by atoms with van der Waals surface area (Å²) in [5, 5.41) is 0. The first kappa shape index (κ1) is 14.5. The standard InChI is InChI=1S/C19H19NO2/c1-14(21)15-9-11-17(12-10-15)20-13-5-4-7-16-6-2-3-8-18(16)19(20)22/h2-3,6,8-12H,4-5,7,13H2,1H3. The Morgan fingerprint density at radius 1 is 1.00 bits per heavy atom. The van der Waals surface area contributed by atoms with Crippen LogP contribution in [-0.4, -0.2) is 18.2 Å². The number of benzene rings is 2. The number of amides is 1. The average Bonchev–Trinajstić information content (AvgIpc) is 2.53. The third-order valence-corrected chi connectivity index (χ3v) is 4.16. The second-order valence-corrected chi connectivity index (χ2v) is 5.67. The number of carbonyl (C=O) groups excluding carboxylic acids is 2. The molecule has 0 saturated heterocycles. The first-order chi connectivity index (χ1) is 10.7. The van der Waals surface area contributed by atoms with E-state index in [9.17, 15) is 9.59 Å². The summed E-state index contributed by atoms with van der Waals surface area (Å²) in [6.45, 7) is 2.26. The number of Topliss-reactive ketones (excluding diaryl/α,β-unsaturated/α-hetero) is 1. The van der Waals surface area contributed by atoms with E-state index < -0.39 is 0 Å². The Labute approximate surface area is 130 Å². The molecule has 0 aromatic heterocycles. The van der Waals surface area contributed by atoms with Crippen LogP contribution in [-0.2, 0) is 6.42 Å². The van der Waals surface area contributed by atoms with Crippen molar-refractivity contribution in [3.63, 3.8) is 0 Å². The van der Waals surface area contributed by atoms with E-state index in [0.717, 1.165) is 36.1 Å². The molecule has 0 fully saturated rings. The van der Waals surface area contributed by atoms with E-state index in [2.05, 4.69) is 0 Å². The van der Waals surface area contributed by atoms with Crippen LogP contribution in [0, 0.1) is 0 Å². The van der Waals surface area contributed by atoms with Crippen LogP contribution >= 0.6 is 0 Å². The van der Waals surface area contributed by atoms with Crippen molar-refractivity contribution in [3.8, 4) is 0 Å². The number of rotatable bonds is 2. The molecule has 0 atom stereocenters. The maximum Gasteiger partial charge on any atom is 0.258 e. The fraction of sp³-hybridized carbons (Fsp3) is 0.263.